The van der Waals surface area contributed by atoms with Gasteiger partial charge in [-0.1, -0.05) is 17.7 Å². The van der Waals surface area contributed by atoms with Crippen molar-refractivity contribution in [2.75, 3.05) is 0 Å². The van der Waals surface area contributed by atoms with Crippen LogP contribution in [-0.4, -0.2) is 0 Å². The van der Waals surface area contributed by atoms with Crippen molar-refractivity contribution in [1.29, 1.82) is 0 Å². The molecule has 0 aliphatic rings. The van der Waals surface area contributed by atoms with Crippen molar-refractivity contribution in [1.82, 2.24) is 0 Å². The third kappa shape index (κ3) is 3.37. The lowest BCUT2D eigenvalue weighted by Gasteiger charge is -2.09. The van der Waals surface area contributed by atoms with E-state index in [2.05, 4.69) is 22.0 Å². The predicted octanol–water partition coefficient (Wildman–Crippen LogP) is 5.64. The fraction of sp³-hybridized carbons (Fsp3) is 0.200. The standard InChI is InChI=1S/C15H13BrF2S/c1-9-3-6-14(10(2)7-9)19-8-11-13(17)5-4-12(16)15(11)18/h3-7H,8H2,1-2H3. The maximum absolute atomic E-state index is 13.8. The molecule has 0 fully saturated rings. The Morgan fingerprint density at radius 1 is 1.11 bits per heavy atom. The summed E-state index contributed by atoms with van der Waals surface area (Å²) >= 11 is 4.52. The van der Waals surface area contributed by atoms with Crippen LogP contribution in [0.1, 0.15) is 16.7 Å². The van der Waals surface area contributed by atoms with Gasteiger partial charge in [-0.05, 0) is 53.5 Å². The van der Waals surface area contributed by atoms with Crippen molar-refractivity contribution in [2.24, 2.45) is 0 Å². The van der Waals surface area contributed by atoms with Gasteiger partial charge in [0.15, 0.2) is 0 Å². The molecule has 0 aliphatic heterocycles. The van der Waals surface area contributed by atoms with Crippen LogP contribution in [0.5, 0.6) is 0 Å². The van der Waals surface area contributed by atoms with E-state index in [0.717, 1.165) is 10.5 Å². The van der Waals surface area contributed by atoms with Crippen molar-refractivity contribution in [3.8, 4) is 0 Å². The van der Waals surface area contributed by atoms with Crippen molar-refractivity contribution in [3.05, 3.63) is 63.1 Å². The highest BCUT2D eigenvalue weighted by Crippen LogP contribution is 2.30. The maximum atomic E-state index is 13.8. The first-order valence-electron chi connectivity index (χ1n) is 5.81. The van der Waals surface area contributed by atoms with Crippen LogP contribution in [0.4, 0.5) is 8.78 Å². The van der Waals surface area contributed by atoms with Crippen LogP contribution >= 0.6 is 27.7 Å². The molecule has 0 N–H and O–H groups in total. The second-order valence-corrected chi connectivity index (χ2v) is 6.25. The average molecular weight is 343 g/mol. The molecule has 0 atom stereocenters. The summed E-state index contributed by atoms with van der Waals surface area (Å²) in [5.41, 5.74) is 2.42. The molecule has 4 heteroatoms. The molecule has 0 bridgehead atoms. The van der Waals surface area contributed by atoms with Crippen LogP contribution in [0.15, 0.2) is 39.7 Å². The highest BCUT2D eigenvalue weighted by atomic mass is 79.9. The number of thioether (sulfide) groups is 1. The minimum atomic E-state index is -0.516. The second-order valence-electron chi connectivity index (χ2n) is 4.38. The second kappa shape index (κ2) is 6.06. The number of hydrogen-bond donors (Lipinski definition) is 0. The molecule has 0 spiro atoms. The Kier molecular flexibility index (Phi) is 4.63. The van der Waals surface area contributed by atoms with E-state index >= 15 is 0 Å². The molecule has 0 aliphatic carbocycles. The van der Waals surface area contributed by atoms with E-state index in [-0.39, 0.29) is 11.3 Å². The van der Waals surface area contributed by atoms with Gasteiger partial charge in [-0.3, -0.25) is 0 Å². The van der Waals surface area contributed by atoms with Crippen LogP contribution in [-0.2, 0) is 5.75 Å². The van der Waals surface area contributed by atoms with E-state index in [1.54, 1.807) is 0 Å². The molecule has 0 radical (unpaired) electrons. The average Bonchev–Trinajstić information content (AvgIpc) is 2.36. The van der Waals surface area contributed by atoms with E-state index < -0.39 is 11.6 Å². The SMILES string of the molecule is Cc1ccc(SCc2c(F)ccc(Br)c2F)c(C)c1. The van der Waals surface area contributed by atoms with Gasteiger partial charge in [0.05, 0.1) is 4.47 Å². The molecule has 0 amide bonds. The summed E-state index contributed by atoms with van der Waals surface area (Å²) in [6, 6.07) is 8.73. The van der Waals surface area contributed by atoms with Gasteiger partial charge < -0.3 is 0 Å². The first-order chi connectivity index (χ1) is 8.99. The summed E-state index contributed by atoms with van der Waals surface area (Å²) in [5, 5.41) is 0. The maximum Gasteiger partial charge on any atom is 0.144 e. The van der Waals surface area contributed by atoms with Gasteiger partial charge in [0, 0.05) is 16.2 Å². The molecular formula is C15H13BrF2S. The van der Waals surface area contributed by atoms with Gasteiger partial charge in [-0.25, -0.2) is 8.78 Å². The third-order valence-electron chi connectivity index (χ3n) is 2.84. The Morgan fingerprint density at radius 2 is 1.84 bits per heavy atom. The summed E-state index contributed by atoms with van der Waals surface area (Å²) in [5.74, 6) is -0.740. The molecule has 100 valence electrons. The Balaban J connectivity index is 2.21. The zero-order valence-corrected chi connectivity index (χ0v) is 13.0. The zero-order chi connectivity index (χ0) is 14.0. The Bertz CT molecular complexity index is 611. The van der Waals surface area contributed by atoms with Gasteiger partial charge >= 0.3 is 0 Å². The lowest BCUT2D eigenvalue weighted by molar-refractivity contribution is 0.562. The smallest absolute Gasteiger partial charge is 0.144 e. The van der Waals surface area contributed by atoms with Crippen LogP contribution in [0.2, 0.25) is 0 Å². The molecule has 0 aromatic heterocycles. The topological polar surface area (TPSA) is 0 Å². The van der Waals surface area contributed by atoms with Crippen molar-refractivity contribution >= 4 is 27.7 Å². The number of aryl methyl sites for hydroxylation is 2. The van der Waals surface area contributed by atoms with Crippen LogP contribution < -0.4 is 0 Å². The largest absolute Gasteiger partial charge is 0.207 e. The Hall–Kier alpha value is -0.870. The molecule has 0 unspecified atom stereocenters. The molecule has 2 aromatic rings. The summed E-state index contributed by atoms with van der Waals surface area (Å²) in [6.45, 7) is 4.03. The summed E-state index contributed by atoms with van der Waals surface area (Å²) in [7, 11) is 0. The van der Waals surface area contributed by atoms with Gasteiger partial charge in [0.2, 0.25) is 0 Å². The Morgan fingerprint density at radius 3 is 2.53 bits per heavy atom. The van der Waals surface area contributed by atoms with E-state index in [1.807, 2.05) is 26.0 Å². The molecule has 19 heavy (non-hydrogen) atoms. The van der Waals surface area contributed by atoms with Crippen LogP contribution in [0, 0.1) is 25.5 Å². The van der Waals surface area contributed by atoms with E-state index in [4.69, 9.17) is 0 Å². The van der Waals surface area contributed by atoms with E-state index in [0.29, 0.717) is 4.47 Å². The highest BCUT2D eigenvalue weighted by Gasteiger charge is 2.13. The number of halogens is 3. The van der Waals surface area contributed by atoms with Crippen LogP contribution in [0.3, 0.4) is 0 Å². The monoisotopic (exact) mass is 342 g/mol. The lowest BCUT2D eigenvalue weighted by atomic mass is 10.2. The number of benzene rings is 2. The highest BCUT2D eigenvalue weighted by molar-refractivity contribution is 9.10. The lowest BCUT2D eigenvalue weighted by Crippen LogP contribution is -1.95. The summed E-state index contributed by atoms with van der Waals surface area (Å²) < 4.78 is 27.7. The first kappa shape index (κ1) is 14.5. The van der Waals surface area contributed by atoms with Crippen molar-refractivity contribution in [3.63, 3.8) is 0 Å². The van der Waals surface area contributed by atoms with E-state index in [9.17, 15) is 8.78 Å². The zero-order valence-electron chi connectivity index (χ0n) is 10.6. The molecule has 2 rings (SSSR count). The van der Waals surface area contributed by atoms with Crippen LogP contribution in [0.25, 0.3) is 0 Å². The molecule has 0 heterocycles. The molecule has 0 saturated heterocycles. The summed E-state index contributed by atoms with van der Waals surface area (Å²) in [6.07, 6.45) is 0. The fourth-order valence-corrected chi connectivity index (χ4v) is 3.20. The van der Waals surface area contributed by atoms with E-state index in [1.165, 1.54) is 29.5 Å². The van der Waals surface area contributed by atoms with Crippen molar-refractivity contribution < 1.29 is 8.78 Å². The minimum absolute atomic E-state index is 0.111. The first-order valence-corrected chi connectivity index (χ1v) is 7.59. The van der Waals surface area contributed by atoms with Gasteiger partial charge in [0.25, 0.3) is 0 Å². The molecule has 0 nitrogen and oxygen atoms in total. The third-order valence-corrected chi connectivity index (χ3v) is 4.66. The quantitative estimate of drug-likeness (QED) is 0.514. The van der Waals surface area contributed by atoms with Gasteiger partial charge in [0.1, 0.15) is 11.6 Å². The normalized spacial score (nSPS) is 10.8. The molecule has 0 saturated carbocycles. The number of rotatable bonds is 3. The number of hydrogen-bond acceptors (Lipinski definition) is 1. The summed E-state index contributed by atoms with van der Waals surface area (Å²) in [4.78, 5) is 1.05. The van der Waals surface area contributed by atoms with Gasteiger partial charge in [-0.2, -0.15) is 0 Å². The predicted molar refractivity (Wildman–Crippen MR) is 79.5 cm³/mol. The fourth-order valence-electron chi connectivity index (χ4n) is 1.81. The minimum Gasteiger partial charge on any atom is -0.207 e. The molecule has 2 aromatic carbocycles. The van der Waals surface area contributed by atoms with Crippen molar-refractivity contribution in [2.45, 2.75) is 24.5 Å². The molecular weight excluding hydrogens is 330 g/mol. The van der Waals surface area contributed by atoms with Gasteiger partial charge in [-0.15, -0.1) is 11.8 Å². The Labute approximate surface area is 124 Å².